The molecule has 0 aliphatic rings. The van der Waals surface area contributed by atoms with Gasteiger partial charge in [-0.25, -0.2) is 0 Å². The number of amides is 5. The van der Waals surface area contributed by atoms with Crippen molar-refractivity contribution in [1.29, 1.82) is 0 Å². The number of ether oxygens (including phenoxy) is 2. The Morgan fingerprint density at radius 1 is 0.849 bits per heavy atom. The zero-order valence-electron chi connectivity index (χ0n) is 32.8. The Hall–Kier alpha value is -4.29. The Balaban J connectivity index is 1.89. The van der Waals surface area contributed by atoms with Crippen LogP contribution in [-0.2, 0) is 46.5 Å². The van der Waals surface area contributed by atoms with Gasteiger partial charge in [0.05, 0.1) is 25.3 Å². The molecule has 0 heterocycles. The van der Waals surface area contributed by atoms with Crippen LogP contribution in [-0.4, -0.2) is 87.0 Å². The highest BCUT2D eigenvalue weighted by molar-refractivity contribution is 5.87. The summed E-state index contributed by atoms with van der Waals surface area (Å²) in [6.07, 6.45) is 5.49. The minimum Gasteiger partial charge on any atom is -0.379 e. The largest absolute Gasteiger partial charge is 0.379 e. The molecule has 53 heavy (non-hydrogen) atoms. The Morgan fingerprint density at radius 2 is 1.53 bits per heavy atom. The first kappa shape index (κ1) is 44.9. The fourth-order valence-electron chi connectivity index (χ4n) is 6.53. The van der Waals surface area contributed by atoms with Gasteiger partial charge in [-0.2, -0.15) is 0 Å². The van der Waals surface area contributed by atoms with E-state index in [2.05, 4.69) is 35.1 Å². The van der Waals surface area contributed by atoms with Crippen molar-refractivity contribution < 1.29 is 33.4 Å². The molecule has 0 saturated heterocycles. The SMILES string of the molecule is CCC(C)C(C(CCCC[C@@H](CC(C)C(=O)NCCc1ccccc1)NC=O)OC)N(C)C(=O)CNC(=O)C(OCc1ccc(NC=O)cc1)C(C)C. The zero-order chi connectivity index (χ0) is 39.2. The average Bonchev–Trinajstić information content (AvgIpc) is 3.15. The van der Waals surface area contributed by atoms with E-state index in [0.717, 1.165) is 31.2 Å². The van der Waals surface area contributed by atoms with E-state index >= 15 is 0 Å². The summed E-state index contributed by atoms with van der Waals surface area (Å²) >= 11 is 0. The monoisotopic (exact) mass is 737 g/mol. The molecule has 12 heteroatoms. The van der Waals surface area contributed by atoms with Crippen LogP contribution in [0.4, 0.5) is 5.69 Å². The van der Waals surface area contributed by atoms with Crippen LogP contribution in [0.2, 0.25) is 0 Å². The number of hydrogen-bond acceptors (Lipinski definition) is 7. The smallest absolute Gasteiger partial charge is 0.249 e. The van der Waals surface area contributed by atoms with Crippen molar-refractivity contribution >= 4 is 36.2 Å². The molecule has 0 bridgehead atoms. The summed E-state index contributed by atoms with van der Waals surface area (Å²) in [6, 6.07) is 16.8. The fraction of sp³-hybridized carbons (Fsp3) is 0.585. The molecule has 4 N–H and O–H groups in total. The number of nitrogens with one attached hydrogen (secondary N) is 4. The van der Waals surface area contributed by atoms with E-state index in [1.807, 2.05) is 63.2 Å². The van der Waals surface area contributed by atoms with Gasteiger partial charge in [-0.1, -0.05) is 96.3 Å². The van der Waals surface area contributed by atoms with E-state index in [1.165, 1.54) is 5.56 Å². The number of hydrogen-bond donors (Lipinski definition) is 4. The van der Waals surface area contributed by atoms with Gasteiger partial charge in [0.15, 0.2) is 0 Å². The molecular formula is C41H63N5O7. The van der Waals surface area contributed by atoms with E-state index in [1.54, 1.807) is 31.2 Å². The van der Waals surface area contributed by atoms with Gasteiger partial charge >= 0.3 is 0 Å². The number of carbonyl (C=O) groups excluding carboxylic acids is 5. The standard InChI is InChI=1S/C41H63N5O7/c1-8-30(4)38(46(6)37(49)25-43-41(51)39(29(2)3)53-26-33-18-20-34(21-19-33)44-27-47)36(52-7)17-13-12-16-35(45-28-48)24-31(5)40(50)42-23-22-32-14-10-9-11-15-32/h9-11,14-15,18-21,27-31,35-36,38-39H,8,12-13,16-17,22-26H2,1-7H3,(H,42,50)(H,43,51)(H,44,47)(H,45,48)/t30?,31?,35-,36?,38?,39?/m0/s1. The molecule has 0 fully saturated rings. The molecular weight excluding hydrogens is 674 g/mol. The predicted octanol–water partition coefficient (Wildman–Crippen LogP) is 4.86. The maximum absolute atomic E-state index is 13.5. The van der Waals surface area contributed by atoms with Crippen LogP contribution in [0, 0.1) is 17.8 Å². The van der Waals surface area contributed by atoms with Crippen molar-refractivity contribution in [3.63, 3.8) is 0 Å². The summed E-state index contributed by atoms with van der Waals surface area (Å²) < 4.78 is 11.9. The molecule has 5 unspecified atom stereocenters. The van der Waals surface area contributed by atoms with Gasteiger partial charge in [-0.05, 0) is 60.8 Å². The Bertz CT molecular complexity index is 1370. The molecule has 0 aromatic heterocycles. The van der Waals surface area contributed by atoms with Crippen LogP contribution in [0.3, 0.4) is 0 Å². The quantitative estimate of drug-likeness (QED) is 0.0755. The molecule has 0 aliphatic heterocycles. The van der Waals surface area contributed by atoms with Crippen molar-refractivity contribution in [1.82, 2.24) is 20.9 Å². The Kier molecular flexibility index (Phi) is 21.0. The van der Waals surface area contributed by atoms with E-state index in [4.69, 9.17) is 9.47 Å². The number of nitrogens with zero attached hydrogens (tertiary/aromatic N) is 1. The van der Waals surface area contributed by atoms with Gasteiger partial charge in [0, 0.05) is 38.3 Å². The highest BCUT2D eigenvalue weighted by atomic mass is 16.5. The number of anilines is 1. The molecule has 2 aromatic carbocycles. The Morgan fingerprint density at radius 3 is 2.13 bits per heavy atom. The lowest BCUT2D eigenvalue weighted by Gasteiger charge is -2.38. The van der Waals surface area contributed by atoms with Crippen LogP contribution in [0.25, 0.3) is 0 Å². The second kappa shape index (κ2) is 24.9. The minimum atomic E-state index is -0.757. The van der Waals surface area contributed by atoms with Gasteiger partial charge < -0.3 is 35.6 Å². The number of benzene rings is 2. The first-order valence-electron chi connectivity index (χ1n) is 18.9. The summed E-state index contributed by atoms with van der Waals surface area (Å²) in [4.78, 5) is 63.2. The van der Waals surface area contributed by atoms with Crippen LogP contribution >= 0.6 is 0 Å². The van der Waals surface area contributed by atoms with Crippen molar-refractivity contribution in [3.8, 4) is 0 Å². The number of unbranched alkanes of at least 4 members (excludes halogenated alkanes) is 1. The van der Waals surface area contributed by atoms with Crippen LogP contribution in [0.5, 0.6) is 0 Å². The van der Waals surface area contributed by atoms with Crippen molar-refractivity contribution in [3.05, 3.63) is 65.7 Å². The van der Waals surface area contributed by atoms with Crippen molar-refractivity contribution in [2.75, 3.05) is 32.6 Å². The van der Waals surface area contributed by atoms with E-state index in [0.29, 0.717) is 44.3 Å². The Labute approximate surface area is 316 Å². The average molecular weight is 738 g/mol. The summed E-state index contributed by atoms with van der Waals surface area (Å²) in [7, 11) is 3.42. The lowest BCUT2D eigenvalue weighted by Crippen LogP contribution is -2.52. The summed E-state index contributed by atoms with van der Waals surface area (Å²) in [5.74, 6) is -0.856. The summed E-state index contributed by atoms with van der Waals surface area (Å²) in [6.45, 7) is 10.4. The first-order valence-corrected chi connectivity index (χ1v) is 18.9. The minimum absolute atomic E-state index is 0.0259. The molecule has 0 aliphatic carbocycles. The maximum Gasteiger partial charge on any atom is 0.249 e. The topological polar surface area (TPSA) is 155 Å². The molecule has 0 radical (unpaired) electrons. The zero-order valence-corrected chi connectivity index (χ0v) is 32.8. The third-order valence-electron chi connectivity index (χ3n) is 9.87. The first-order chi connectivity index (χ1) is 25.4. The van der Waals surface area contributed by atoms with Crippen molar-refractivity contribution in [2.45, 2.75) is 110 Å². The van der Waals surface area contributed by atoms with Gasteiger partial charge in [0.25, 0.3) is 0 Å². The number of methoxy groups -OCH3 is 1. The molecule has 5 amide bonds. The summed E-state index contributed by atoms with van der Waals surface area (Å²) in [5.41, 5.74) is 2.68. The van der Waals surface area contributed by atoms with Gasteiger partial charge in [0.1, 0.15) is 6.10 Å². The predicted molar refractivity (Wildman–Crippen MR) is 208 cm³/mol. The molecule has 6 atom stereocenters. The van der Waals surface area contributed by atoms with E-state index in [-0.39, 0.29) is 66.8 Å². The van der Waals surface area contributed by atoms with Crippen molar-refractivity contribution in [2.24, 2.45) is 17.8 Å². The van der Waals surface area contributed by atoms with Crippen LogP contribution in [0.1, 0.15) is 84.3 Å². The lowest BCUT2D eigenvalue weighted by atomic mass is 9.89. The second-order valence-electron chi connectivity index (χ2n) is 14.2. The fourth-order valence-corrected chi connectivity index (χ4v) is 6.53. The molecule has 2 rings (SSSR count). The third kappa shape index (κ3) is 16.1. The highest BCUT2D eigenvalue weighted by Gasteiger charge is 2.33. The van der Waals surface area contributed by atoms with Gasteiger partial charge in [-0.15, -0.1) is 0 Å². The molecule has 0 saturated carbocycles. The highest BCUT2D eigenvalue weighted by Crippen LogP contribution is 2.24. The molecule has 294 valence electrons. The molecule has 0 spiro atoms. The number of rotatable bonds is 27. The second-order valence-corrected chi connectivity index (χ2v) is 14.2. The van der Waals surface area contributed by atoms with E-state index in [9.17, 15) is 24.0 Å². The molecule has 12 nitrogen and oxygen atoms in total. The number of carbonyl (C=O) groups is 5. The normalized spacial score (nSPS) is 14.6. The third-order valence-corrected chi connectivity index (χ3v) is 9.87. The lowest BCUT2D eigenvalue weighted by molar-refractivity contribution is -0.142. The number of likely N-dealkylation sites (N-methyl/N-ethyl adjacent to an activating group) is 1. The van der Waals surface area contributed by atoms with Gasteiger partial charge in [-0.3, -0.25) is 24.0 Å². The van der Waals surface area contributed by atoms with Crippen LogP contribution in [0.15, 0.2) is 54.6 Å². The van der Waals surface area contributed by atoms with E-state index < -0.39 is 6.10 Å². The van der Waals surface area contributed by atoms with Crippen LogP contribution < -0.4 is 21.3 Å². The molecule has 2 aromatic rings. The van der Waals surface area contributed by atoms with Gasteiger partial charge in [0.2, 0.25) is 30.5 Å². The maximum atomic E-state index is 13.5. The summed E-state index contributed by atoms with van der Waals surface area (Å²) in [5, 5.41) is 11.3.